The van der Waals surface area contributed by atoms with Crippen molar-refractivity contribution in [3.05, 3.63) is 96.3 Å². The van der Waals surface area contributed by atoms with Crippen molar-refractivity contribution in [3.8, 4) is 11.1 Å². The monoisotopic (exact) mass is 287 g/mol. The maximum Gasteiger partial charge on any atom is 0.0158 e. The minimum absolute atomic E-state index is 0.0240. The fraction of sp³-hybridized carbons (Fsp3) is 0.143. The Morgan fingerprint density at radius 3 is 1.86 bits per heavy atom. The Labute approximate surface area is 132 Å². The molecule has 0 radical (unpaired) electrons. The number of nitrogens with one attached hydrogen (secondary N) is 1. The molecule has 22 heavy (non-hydrogen) atoms. The first kappa shape index (κ1) is 14.4. The van der Waals surface area contributed by atoms with E-state index in [0.29, 0.717) is 0 Å². The molecule has 0 saturated carbocycles. The van der Waals surface area contributed by atoms with E-state index >= 15 is 0 Å². The van der Waals surface area contributed by atoms with Gasteiger partial charge in [0.25, 0.3) is 0 Å². The second-order valence-electron chi connectivity index (χ2n) is 5.99. The Morgan fingerprint density at radius 1 is 0.591 bits per heavy atom. The van der Waals surface area contributed by atoms with E-state index in [-0.39, 0.29) is 5.41 Å². The number of H-pyrrole nitrogens is 1. The smallest absolute Gasteiger partial charge is 0.0158 e. The highest BCUT2D eigenvalue weighted by molar-refractivity contribution is 5.79. The SMILES string of the molecule is CC1(C)c2ccccc2-c2ccc[nH]cccccccc21. The first-order valence-corrected chi connectivity index (χ1v) is 7.65. The molecule has 2 aromatic rings. The summed E-state index contributed by atoms with van der Waals surface area (Å²) in [5.41, 5.74) is 5.41. The largest absolute Gasteiger partial charge is 0.368 e. The van der Waals surface area contributed by atoms with Crippen molar-refractivity contribution in [1.82, 2.24) is 4.98 Å². The van der Waals surface area contributed by atoms with Crippen LogP contribution < -0.4 is 0 Å². The maximum absolute atomic E-state index is 3.15. The molecule has 1 nitrogen and oxygen atoms in total. The number of benzene rings is 1. The summed E-state index contributed by atoms with van der Waals surface area (Å²) < 4.78 is 0. The van der Waals surface area contributed by atoms with Gasteiger partial charge in [0.2, 0.25) is 0 Å². The van der Waals surface area contributed by atoms with Gasteiger partial charge in [-0.3, -0.25) is 0 Å². The summed E-state index contributed by atoms with van der Waals surface area (Å²) in [7, 11) is 0. The molecular weight excluding hydrogens is 266 g/mol. The van der Waals surface area contributed by atoms with Gasteiger partial charge in [0.05, 0.1) is 0 Å². The number of hydrogen-bond donors (Lipinski definition) is 1. The van der Waals surface area contributed by atoms with E-state index in [1.54, 1.807) is 0 Å². The summed E-state index contributed by atoms with van der Waals surface area (Å²) in [5, 5.41) is 0. The maximum atomic E-state index is 3.15. The van der Waals surface area contributed by atoms with Gasteiger partial charge in [0.15, 0.2) is 0 Å². The van der Waals surface area contributed by atoms with Crippen molar-refractivity contribution in [3.63, 3.8) is 0 Å². The molecule has 0 amide bonds. The molecule has 1 N–H and O–H groups in total. The van der Waals surface area contributed by atoms with E-state index in [1.807, 2.05) is 30.6 Å². The predicted molar refractivity (Wildman–Crippen MR) is 93.6 cm³/mol. The van der Waals surface area contributed by atoms with E-state index in [4.69, 9.17) is 0 Å². The van der Waals surface area contributed by atoms with Crippen LogP contribution in [-0.4, -0.2) is 4.98 Å². The number of rotatable bonds is 0. The molecule has 0 atom stereocenters. The van der Waals surface area contributed by atoms with Crippen LogP contribution in [0, 0.1) is 0 Å². The van der Waals surface area contributed by atoms with Gasteiger partial charge in [-0.25, -0.2) is 0 Å². The molecule has 0 aliphatic heterocycles. The Bertz CT molecular complexity index is 781. The molecular formula is C21H21N. The molecule has 1 aromatic heterocycles. The van der Waals surface area contributed by atoms with Crippen LogP contribution in [0.25, 0.3) is 11.1 Å². The molecule has 1 aromatic carbocycles. The second-order valence-corrected chi connectivity index (χ2v) is 5.99. The third kappa shape index (κ3) is 2.62. The predicted octanol–water partition coefficient (Wildman–Crippen LogP) is 5.57. The van der Waals surface area contributed by atoms with Crippen LogP contribution in [0.15, 0.2) is 85.2 Å². The van der Waals surface area contributed by atoms with E-state index in [0.717, 1.165) is 0 Å². The Hall–Kier alpha value is -2.54. The number of fused-ring (bicyclic) bond motifs is 3. The van der Waals surface area contributed by atoms with Crippen LogP contribution in [0.3, 0.4) is 0 Å². The highest BCUT2D eigenvalue weighted by Gasteiger charge is 2.33. The third-order valence-corrected chi connectivity index (χ3v) is 4.21. The topological polar surface area (TPSA) is 15.8 Å². The van der Waals surface area contributed by atoms with E-state index < -0.39 is 0 Å². The van der Waals surface area contributed by atoms with Gasteiger partial charge in [0, 0.05) is 17.8 Å². The third-order valence-electron chi connectivity index (χ3n) is 4.21. The summed E-state index contributed by atoms with van der Waals surface area (Å²) in [6, 6.07) is 25.4. The van der Waals surface area contributed by atoms with Crippen LogP contribution in [0.4, 0.5) is 0 Å². The summed E-state index contributed by atoms with van der Waals surface area (Å²) in [5.74, 6) is 0. The molecule has 0 bridgehead atoms. The molecule has 0 spiro atoms. The molecule has 110 valence electrons. The zero-order valence-corrected chi connectivity index (χ0v) is 13.1. The molecule has 3 rings (SSSR count). The zero-order valence-electron chi connectivity index (χ0n) is 13.1. The minimum atomic E-state index is 0.0240. The van der Waals surface area contributed by atoms with Crippen molar-refractivity contribution in [2.24, 2.45) is 0 Å². The molecule has 1 aliphatic rings. The van der Waals surface area contributed by atoms with Crippen molar-refractivity contribution >= 4 is 0 Å². The lowest BCUT2D eigenvalue weighted by Crippen LogP contribution is -2.14. The first-order chi connectivity index (χ1) is 10.7. The fourth-order valence-electron chi connectivity index (χ4n) is 3.08. The zero-order chi connectivity index (χ0) is 15.4. The average Bonchev–Trinajstić information content (AvgIpc) is 2.74. The van der Waals surface area contributed by atoms with Gasteiger partial charge in [-0.15, -0.1) is 0 Å². The van der Waals surface area contributed by atoms with Gasteiger partial charge < -0.3 is 4.98 Å². The highest BCUT2D eigenvalue weighted by Crippen LogP contribution is 2.47. The van der Waals surface area contributed by atoms with Gasteiger partial charge >= 0.3 is 0 Å². The quantitative estimate of drug-likeness (QED) is 0.652. The summed E-state index contributed by atoms with van der Waals surface area (Å²) in [6.07, 6.45) is 3.87. The Kier molecular flexibility index (Phi) is 3.97. The lowest BCUT2D eigenvalue weighted by molar-refractivity contribution is 0.661. The van der Waals surface area contributed by atoms with Crippen LogP contribution in [0.1, 0.15) is 25.0 Å². The molecule has 0 saturated heterocycles. The average molecular weight is 287 g/mol. The molecule has 1 aliphatic carbocycles. The summed E-state index contributed by atoms with van der Waals surface area (Å²) >= 11 is 0. The number of aromatic amines is 1. The molecule has 1 heteroatoms. The normalized spacial score (nSPS) is 13.4. The van der Waals surface area contributed by atoms with E-state index in [9.17, 15) is 0 Å². The first-order valence-electron chi connectivity index (χ1n) is 7.65. The second kappa shape index (κ2) is 6.07. The van der Waals surface area contributed by atoms with Gasteiger partial charge in [-0.2, -0.15) is 0 Å². The van der Waals surface area contributed by atoms with E-state index in [1.165, 1.54) is 22.3 Å². The van der Waals surface area contributed by atoms with Gasteiger partial charge in [-0.1, -0.05) is 74.5 Å². The van der Waals surface area contributed by atoms with Gasteiger partial charge in [-0.05, 0) is 34.4 Å². The lowest BCUT2D eigenvalue weighted by Gasteiger charge is -2.20. The molecule has 0 unspecified atom stereocenters. The van der Waals surface area contributed by atoms with Crippen LogP contribution >= 0.6 is 0 Å². The van der Waals surface area contributed by atoms with Crippen LogP contribution in [0.5, 0.6) is 0 Å². The minimum Gasteiger partial charge on any atom is -0.368 e. The van der Waals surface area contributed by atoms with Crippen molar-refractivity contribution in [1.29, 1.82) is 0 Å². The Balaban J connectivity index is 2.33. The number of aromatic nitrogens is 1. The van der Waals surface area contributed by atoms with Crippen molar-refractivity contribution in [2.75, 3.05) is 0 Å². The molecule has 1 heterocycles. The summed E-state index contributed by atoms with van der Waals surface area (Å²) in [6.45, 7) is 4.59. The Morgan fingerprint density at radius 2 is 1.09 bits per heavy atom. The standard InChI is InChI=1S/C21H21N/c1-21(2)19-13-6-4-3-5-9-15-22-16-10-12-18(19)17-11-7-8-14-20(17)21/h3-16,22H,1-2H3. The molecule has 0 fully saturated rings. The van der Waals surface area contributed by atoms with E-state index in [2.05, 4.69) is 73.4 Å². The van der Waals surface area contributed by atoms with Crippen LogP contribution in [0.2, 0.25) is 0 Å². The van der Waals surface area contributed by atoms with Crippen molar-refractivity contribution < 1.29 is 0 Å². The van der Waals surface area contributed by atoms with Gasteiger partial charge in [0.1, 0.15) is 0 Å². The van der Waals surface area contributed by atoms with Crippen LogP contribution in [-0.2, 0) is 5.41 Å². The van der Waals surface area contributed by atoms with Crippen molar-refractivity contribution in [2.45, 2.75) is 19.3 Å². The highest BCUT2D eigenvalue weighted by atomic mass is 14.6. The fourth-order valence-corrected chi connectivity index (χ4v) is 3.08. The summed E-state index contributed by atoms with van der Waals surface area (Å²) in [4.78, 5) is 3.15. The lowest BCUT2D eigenvalue weighted by atomic mass is 9.83. The number of hydrogen-bond acceptors (Lipinski definition) is 0.